The van der Waals surface area contributed by atoms with Gasteiger partial charge in [0.2, 0.25) is 0 Å². The first-order chi connectivity index (χ1) is 9.25. The molecule has 19 heavy (non-hydrogen) atoms. The highest BCUT2D eigenvalue weighted by molar-refractivity contribution is 6.21. The molecule has 0 radical (unpaired) electrons. The van der Waals surface area contributed by atoms with E-state index in [4.69, 9.17) is 0 Å². The average Bonchev–Trinajstić information content (AvgIpc) is 2.68. The molecule has 100 valence electrons. The molecule has 1 heterocycles. The van der Waals surface area contributed by atoms with Crippen LogP contribution in [0.5, 0.6) is 0 Å². The van der Waals surface area contributed by atoms with Crippen molar-refractivity contribution >= 4 is 11.8 Å². The Kier molecular flexibility index (Phi) is 4.50. The second-order valence-electron chi connectivity index (χ2n) is 4.71. The summed E-state index contributed by atoms with van der Waals surface area (Å²) in [5, 5.41) is 0. The molecule has 3 heteroatoms. The molecule has 0 aromatic heterocycles. The van der Waals surface area contributed by atoms with Crippen LogP contribution in [0.15, 0.2) is 36.4 Å². The number of benzene rings is 1. The van der Waals surface area contributed by atoms with Crippen molar-refractivity contribution < 1.29 is 9.59 Å². The maximum absolute atomic E-state index is 12.1. The monoisotopic (exact) mass is 257 g/mol. The Morgan fingerprint density at radius 3 is 2.16 bits per heavy atom. The highest BCUT2D eigenvalue weighted by Gasteiger charge is 2.34. The number of nitrogens with zero attached hydrogens (tertiary/aromatic N) is 1. The molecule has 1 aliphatic heterocycles. The summed E-state index contributed by atoms with van der Waals surface area (Å²) in [6.07, 6.45) is 8.26. The predicted molar refractivity (Wildman–Crippen MR) is 75.1 cm³/mol. The van der Waals surface area contributed by atoms with Gasteiger partial charge in [0.25, 0.3) is 11.8 Å². The molecule has 3 nitrogen and oxygen atoms in total. The fourth-order valence-corrected chi connectivity index (χ4v) is 2.21. The van der Waals surface area contributed by atoms with E-state index in [2.05, 4.69) is 19.1 Å². The Bertz CT molecular complexity index is 470. The molecule has 0 saturated carbocycles. The fraction of sp³-hybridized carbons (Fsp3) is 0.375. The number of unbranched alkanes of at least 4 members (excludes halogenated alkanes) is 2. The lowest BCUT2D eigenvalue weighted by Gasteiger charge is -2.12. The molecule has 0 aliphatic carbocycles. The standard InChI is InChI=1S/C16H19NO2/c1-2-3-4-5-6-9-12-17-15(18)13-10-7-8-11-14(13)16(17)19/h4-5,7-8,10-11H,2-3,6,9,12H2,1H3/b5-4+. The van der Waals surface area contributed by atoms with E-state index in [1.807, 2.05) is 0 Å². The summed E-state index contributed by atoms with van der Waals surface area (Å²) in [4.78, 5) is 25.5. The summed E-state index contributed by atoms with van der Waals surface area (Å²) in [5.41, 5.74) is 1.07. The van der Waals surface area contributed by atoms with Crippen LogP contribution in [0.3, 0.4) is 0 Å². The van der Waals surface area contributed by atoms with Gasteiger partial charge in [-0.05, 0) is 31.4 Å². The predicted octanol–water partition coefficient (Wildman–Crippen LogP) is 3.42. The molecule has 1 aromatic rings. The molecule has 0 bridgehead atoms. The van der Waals surface area contributed by atoms with Gasteiger partial charge in [-0.25, -0.2) is 0 Å². The Morgan fingerprint density at radius 2 is 1.58 bits per heavy atom. The van der Waals surface area contributed by atoms with Gasteiger partial charge < -0.3 is 0 Å². The van der Waals surface area contributed by atoms with Crippen LogP contribution in [0, 0.1) is 0 Å². The van der Waals surface area contributed by atoms with Crippen molar-refractivity contribution in [2.75, 3.05) is 6.54 Å². The van der Waals surface area contributed by atoms with Crippen molar-refractivity contribution in [1.82, 2.24) is 4.90 Å². The van der Waals surface area contributed by atoms with Crippen molar-refractivity contribution in [2.24, 2.45) is 0 Å². The SMILES string of the molecule is CCC/C=C/CCCN1C(=O)c2ccccc2C1=O. The largest absolute Gasteiger partial charge is 0.274 e. The molecule has 0 fully saturated rings. The van der Waals surface area contributed by atoms with Crippen LogP contribution in [-0.2, 0) is 0 Å². The number of hydrogen-bond donors (Lipinski definition) is 0. The molecule has 0 N–H and O–H groups in total. The number of carbonyl (C=O) groups is 2. The number of hydrogen-bond acceptors (Lipinski definition) is 2. The second-order valence-corrected chi connectivity index (χ2v) is 4.71. The fourth-order valence-electron chi connectivity index (χ4n) is 2.21. The Labute approximate surface area is 113 Å². The number of fused-ring (bicyclic) bond motifs is 1. The normalized spacial score (nSPS) is 14.5. The number of imide groups is 1. The van der Waals surface area contributed by atoms with Crippen molar-refractivity contribution in [2.45, 2.75) is 32.6 Å². The van der Waals surface area contributed by atoms with Gasteiger partial charge in [-0.15, -0.1) is 0 Å². The molecule has 0 atom stereocenters. The summed E-state index contributed by atoms with van der Waals surface area (Å²) in [6, 6.07) is 7.02. The summed E-state index contributed by atoms with van der Waals surface area (Å²) < 4.78 is 0. The lowest BCUT2D eigenvalue weighted by molar-refractivity contribution is 0.0653. The highest BCUT2D eigenvalue weighted by Crippen LogP contribution is 2.22. The first-order valence-electron chi connectivity index (χ1n) is 6.86. The van der Waals surface area contributed by atoms with Crippen LogP contribution in [0.2, 0.25) is 0 Å². The van der Waals surface area contributed by atoms with Crippen LogP contribution in [0.4, 0.5) is 0 Å². The number of carbonyl (C=O) groups excluding carboxylic acids is 2. The van der Waals surface area contributed by atoms with E-state index in [1.54, 1.807) is 24.3 Å². The van der Waals surface area contributed by atoms with E-state index in [-0.39, 0.29) is 11.8 Å². The van der Waals surface area contributed by atoms with Gasteiger partial charge in [0.05, 0.1) is 11.1 Å². The zero-order chi connectivity index (χ0) is 13.7. The first kappa shape index (κ1) is 13.5. The van der Waals surface area contributed by atoms with Crippen molar-refractivity contribution in [3.05, 3.63) is 47.5 Å². The quantitative estimate of drug-likeness (QED) is 0.445. The summed E-state index contributed by atoms with van der Waals surface area (Å²) >= 11 is 0. The Morgan fingerprint density at radius 1 is 1.00 bits per heavy atom. The topological polar surface area (TPSA) is 37.4 Å². The third kappa shape index (κ3) is 2.92. The van der Waals surface area contributed by atoms with E-state index in [0.717, 1.165) is 25.7 Å². The minimum atomic E-state index is -0.155. The van der Waals surface area contributed by atoms with Crippen molar-refractivity contribution in [1.29, 1.82) is 0 Å². The molecular formula is C16H19NO2. The second kappa shape index (κ2) is 6.32. The van der Waals surface area contributed by atoms with E-state index in [1.165, 1.54) is 4.90 Å². The lowest BCUT2D eigenvalue weighted by Crippen LogP contribution is -2.30. The third-order valence-electron chi connectivity index (χ3n) is 3.25. The van der Waals surface area contributed by atoms with Gasteiger partial charge in [-0.2, -0.15) is 0 Å². The van der Waals surface area contributed by atoms with Crippen LogP contribution >= 0.6 is 0 Å². The summed E-state index contributed by atoms with van der Waals surface area (Å²) in [7, 11) is 0. The van der Waals surface area contributed by atoms with E-state index in [9.17, 15) is 9.59 Å². The molecule has 1 aliphatic rings. The molecule has 0 saturated heterocycles. The maximum atomic E-state index is 12.1. The molecule has 2 rings (SSSR count). The van der Waals surface area contributed by atoms with Crippen LogP contribution in [-0.4, -0.2) is 23.3 Å². The van der Waals surface area contributed by atoms with Gasteiger partial charge in [0.15, 0.2) is 0 Å². The van der Waals surface area contributed by atoms with Gasteiger partial charge >= 0.3 is 0 Å². The van der Waals surface area contributed by atoms with Gasteiger partial charge in [0.1, 0.15) is 0 Å². The van der Waals surface area contributed by atoms with Crippen LogP contribution < -0.4 is 0 Å². The number of rotatable bonds is 6. The molecule has 0 spiro atoms. The van der Waals surface area contributed by atoms with E-state index in [0.29, 0.717) is 17.7 Å². The molecule has 1 aromatic carbocycles. The van der Waals surface area contributed by atoms with Crippen molar-refractivity contribution in [3.63, 3.8) is 0 Å². The average molecular weight is 257 g/mol. The zero-order valence-electron chi connectivity index (χ0n) is 11.3. The van der Waals surface area contributed by atoms with Gasteiger partial charge in [-0.3, -0.25) is 14.5 Å². The smallest absolute Gasteiger partial charge is 0.261 e. The molecule has 0 unspecified atom stereocenters. The van der Waals surface area contributed by atoms with E-state index >= 15 is 0 Å². The maximum Gasteiger partial charge on any atom is 0.261 e. The first-order valence-corrected chi connectivity index (χ1v) is 6.86. The zero-order valence-corrected chi connectivity index (χ0v) is 11.3. The van der Waals surface area contributed by atoms with Gasteiger partial charge in [-0.1, -0.05) is 37.6 Å². The molecule has 2 amide bonds. The summed E-state index contributed by atoms with van der Waals surface area (Å²) in [6.45, 7) is 2.64. The lowest BCUT2D eigenvalue weighted by atomic mass is 10.1. The third-order valence-corrected chi connectivity index (χ3v) is 3.25. The van der Waals surface area contributed by atoms with Crippen LogP contribution in [0.25, 0.3) is 0 Å². The van der Waals surface area contributed by atoms with E-state index < -0.39 is 0 Å². The van der Waals surface area contributed by atoms with Crippen molar-refractivity contribution in [3.8, 4) is 0 Å². The Hall–Kier alpha value is -1.90. The minimum absolute atomic E-state index is 0.155. The Balaban J connectivity index is 1.90. The van der Waals surface area contributed by atoms with Gasteiger partial charge in [0, 0.05) is 6.54 Å². The number of allylic oxidation sites excluding steroid dienone is 2. The minimum Gasteiger partial charge on any atom is -0.274 e. The summed E-state index contributed by atoms with van der Waals surface area (Å²) in [5.74, 6) is -0.309. The molecular weight excluding hydrogens is 238 g/mol. The van der Waals surface area contributed by atoms with Crippen LogP contribution in [0.1, 0.15) is 53.3 Å². The number of amides is 2. The highest BCUT2D eigenvalue weighted by atomic mass is 16.2.